The molecule has 2 aromatic rings. The van der Waals surface area contributed by atoms with E-state index in [1.807, 2.05) is 37.4 Å². The van der Waals surface area contributed by atoms with Crippen LogP contribution in [-0.4, -0.2) is 49.0 Å². The van der Waals surface area contributed by atoms with Crippen LogP contribution in [0.5, 0.6) is 0 Å². The second kappa shape index (κ2) is 8.28. The Hall–Kier alpha value is -2.17. The molecule has 0 aliphatic carbocycles. The van der Waals surface area contributed by atoms with Gasteiger partial charge in [-0.05, 0) is 30.2 Å². The van der Waals surface area contributed by atoms with Gasteiger partial charge in [0, 0.05) is 26.2 Å². The second-order valence-corrected chi connectivity index (χ2v) is 6.79. The molecule has 25 heavy (non-hydrogen) atoms. The number of fused-ring (bicyclic) bond motifs is 1. The lowest BCUT2D eigenvalue weighted by molar-refractivity contribution is -0.136. The van der Waals surface area contributed by atoms with Gasteiger partial charge in [-0.3, -0.25) is 9.69 Å². The van der Waals surface area contributed by atoms with Gasteiger partial charge in [0.15, 0.2) is 0 Å². The van der Waals surface area contributed by atoms with E-state index in [-0.39, 0.29) is 12.5 Å². The first-order valence-corrected chi connectivity index (χ1v) is 8.76. The minimum atomic E-state index is 0.0307. The number of nitrogens with zero attached hydrogens (tertiary/aromatic N) is 2. The van der Waals surface area contributed by atoms with Crippen molar-refractivity contribution >= 4 is 5.91 Å². The largest absolute Gasteiger partial charge is 0.367 e. The topological polar surface area (TPSA) is 32.8 Å². The van der Waals surface area contributed by atoms with Crippen LogP contribution in [0.4, 0.5) is 0 Å². The maximum absolute atomic E-state index is 12.3. The molecule has 1 amide bonds. The van der Waals surface area contributed by atoms with Crippen LogP contribution in [0.15, 0.2) is 54.6 Å². The lowest BCUT2D eigenvalue weighted by atomic mass is 9.94. The number of hydrogen-bond donors (Lipinski definition) is 0. The Morgan fingerprint density at radius 2 is 1.80 bits per heavy atom. The molecule has 0 radical (unpaired) electrons. The number of carbonyl (C=O) groups excluding carboxylic acids is 1. The second-order valence-electron chi connectivity index (χ2n) is 6.79. The molecule has 0 saturated carbocycles. The maximum atomic E-state index is 12.3. The molecule has 0 spiro atoms. The molecule has 132 valence electrons. The molecule has 1 aliphatic heterocycles. The molecule has 1 atom stereocenters. The van der Waals surface area contributed by atoms with Gasteiger partial charge in [-0.25, -0.2) is 0 Å². The smallest absolute Gasteiger partial charge is 0.248 e. The van der Waals surface area contributed by atoms with Gasteiger partial charge in [0.25, 0.3) is 0 Å². The normalized spacial score (nSPS) is 17.1. The summed E-state index contributed by atoms with van der Waals surface area (Å²) in [6.45, 7) is 2.25. The van der Waals surface area contributed by atoms with E-state index in [2.05, 4.69) is 36.2 Å². The Labute approximate surface area is 150 Å². The van der Waals surface area contributed by atoms with Crippen molar-refractivity contribution in [1.82, 2.24) is 9.80 Å². The Bertz CT molecular complexity index is 702. The van der Waals surface area contributed by atoms with E-state index in [1.54, 1.807) is 4.90 Å². The Morgan fingerprint density at radius 3 is 2.56 bits per heavy atom. The summed E-state index contributed by atoms with van der Waals surface area (Å²) >= 11 is 0. The van der Waals surface area contributed by atoms with Crippen LogP contribution in [-0.2, 0) is 29.1 Å². The summed E-state index contributed by atoms with van der Waals surface area (Å²) in [5, 5.41) is 0. The number of benzene rings is 2. The van der Waals surface area contributed by atoms with Crippen molar-refractivity contribution in [1.29, 1.82) is 0 Å². The Kier molecular flexibility index (Phi) is 5.84. The highest BCUT2D eigenvalue weighted by Gasteiger charge is 2.25. The monoisotopic (exact) mass is 338 g/mol. The van der Waals surface area contributed by atoms with Gasteiger partial charge in [0.05, 0.1) is 6.61 Å². The summed E-state index contributed by atoms with van der Waals surface area (Å²) in [7, 11) is 3.99. The molecule has 4 nitrogen and oxygen atoms in total. The predicted molar refractivity (Wildman–Crippen MR) is 99.1 cm³/mol. The molecule has 0 bridgehead atoms. The number of ether oxygens (including phenoxy) is 1. The molecule has 1 aliphatic rings. The van der Waals surface area contributed by atoms with E-state index in [1.165, 1.54) is 11.1 Å². The zero-order chi connectivity index (χ0) is 17.6. The van der Waals surface area contributed by atoms with Gasteiger partial charge in [0.2, 0.25) is 5.91 Å². The van der Waals surface area contributed by atoms with E-state index >= 15 is 0 Å². The van der Waals surface area contributed by atoms with Gasteiger partial charge >= 0.3 is 0 Å². The third kappa shape index (κ3) is 4.68. The van der Waals surface area contributed by atoms with E-state index in [4.69, 9.17) is 4.74 Å². The molecule has 2 aromatic carbocycles. The van der Waals surface area contributed by atoms with Crippen molar-refractivity contribution in [3.8, 4) is 0 Å². The van der Waals surface area contributed by atoms with Crippen LogP contribution in [0.1, 0.15) is 16.7 Å². The van der Waals surface area contributed by atoms with Crippen molar-refractivity contribution in [3.05, 3.63) is 71.3 Å². The van der Waals surface area contributed by atoms with Crippen LogP contribution < -0.4 is 0 Å². The summed E-state index contributed by atoms with van der Waals surface area (Å²) in [6, 6.07) is 18.8. The van der Waals surface area contributed by atoms with Crippen molar-refractivity contribution in [2.24, 2.45) is 0 Å². The Balaban J connectivity index is 1.48. The zero-order valence-electron chi connectivity index (χ0n) is 15.0. The van der Waals surface area contributed by atoms with Gasteiger partial charge in [-0.15, -0.1) is 0 Å². The van der Waals surface area contributed by atoms with Crippen LogP contribution >= 0.6 is 0 Å². The highest BCUT2D eigenvalue weighted by molar-refractivity contribution is 5.77. The number of rotatable bonds is 6. The molecule has 0 aromatic heterocycles. The SMILES string of the molecule is CN(CC1Cc2ccccc2CN1C)C(=O)COCc1ccccc1. The maximum Gasteiger partial charge on any atom is 0.248 e. The minimum Gasteiger partial charge on any atom is -0.367 e. The summed E-state index contributed by atoms with van der Waals surface area (Å²) < 4.78 is 5.57. The first kappa shape index (κ1) is 17.6. The lowest BCUT2D eigenvalue weighted by Gasteiger charge is -2.36. The summed E-state index contributed by atoms with van der Waals surface area (Å²) in [4.78, 5) is 16.5. The molecular formula is C21H26N2O2. The highest BCUT2D eigenvalue weighted by atomic mass is 16.5. The molecule has 3 rings (SSSR count). The third-order valence-corrected chi connectivity index (χ3v) is 4.86. The number of likely N-dealkylation sites (N-methyl/N-ethyl adjacent to an activating group) is 2. The fourth-order valence-corrected chi connectivity index (χ4v) is 3.28. The van der Waals surface area contributed by atoms with Gasteiger partial charge in [-0.1, -0.05) is 54.6 Å². The van der Waals surface area contributed by atoms with Gasteiger partial charge < -0.3 is 9.64 Å². The van der Waals surface area contributed by atoms with E-state index in [9.17, 15) is 4.79 Å². The molecule has 0 N–H and O–H groups in total. The molecule has 1 unspecified atom stereocenters. The van der Waals surface area contributed by atoms with Gasteiger partial charge in [0.1, 0.15) is 6.61 Å². The molecule has 4 heteroatoms. The standard InChI is InChI=1S/C21H26N2O2/c1-22-13-19-11-7-6-10-18(19)12-20(22)14-23(2)21(24)16-25-15-17-8-4-3-5-9-17/h3-11,20H,12-16H2,1-2H3. The summed E-state index contributed by atoms with van der Waals surface area (Å²) in [6.07, 6.45) is 0.981. The number of hydrogen-bond acceptors (Lipinski definition) is 3. The van der Waals surface area contributed by atoms with Gasteiger partial charge in [-0.2, -0.15) is 0 Å². The molecule has 1 heterocycles. The van der Waals surface area contributed by atoms with Crippen molar-refractivity contribution < 1.29 is 9.53 Å². The fourth-order valence-electron chi connectivity index (χ4n) is 3.28. The van der Waals surface area contributed by atoms with E-state index in [0.717, 1.165) is 25.1 Å². The van der Waals surface area contributed by atoms with Crippen LogP contribution in [0.2, 0.25) is 0 Å². The average molecular weight is 338 g/mol. The van der Waals surface area contributed by atoms with Crippen molar-refractivity contribution in [3.63, 3.8) is 0 Å². The van der Waals surface area contributed by atoms with Crippen molar-refractivity contribution in [2.45, 2.75) is 25.6 Å². The minimum absolute atomic E-state index is 0.0307. The fraction of sp³-hybridized carbons (Fsp3) is 0.381. The van der Waals surface area contributed by atoms with E-state index in [0.29, 0.717) is 12.6 Å². The summed E-state index contributed by atoms with van der Waals surface area (Å²) in [5.41, 5.74) is 3.87. The van der Waals surface area contributed by atoms with E-state index < -0.39 is 0 Å². The van der Waals surface area contributed by atoms with Crippen LogP contribution in [0, 0.1) is 0 Å². The molecule has 0 fully saturated rings. The quantitative estimate of drug-likeness (QED) is 0.812. The van der Waals surface area contributed by atoms with Crippen molar-refractivity contribution in [2.75, 3.05) is 27.2 Å². The lowest BCUT2D eigenvalue weighted by Crippen LogP contribution is -2.46. The average Bonchev–Trinajstić information content (AvgIpc) is 2.63. The highest BCUT2D eigenvalue weighted by Crippen LogP contribution is 2.22. The number of amides is 1. The predicted octanol–water partition coefficient (Wildman–Crippen LogP) is 2.72. The number of carbonyl (C=O) groups is 1. The van der Waals surface area contributed by atoms with Crippen LogP contribution in [0.25, 0.3) is 0 Å². The Morgan fingerprint density at radius 1 is 1.12 bits per heavy atom. The third-order valence-electron chi connectivity index (χ3n) is 4.86. The van der Waals surface area contributed by atoms with Crippen LogP contribution in [0.3, 0.4) is 0 Å². The summed E-state index contributed by atoms with van der Waals surface area (Å²) in [5.74, 6) is 0.0307. The molecule has 0 saturated heterocycles. The first-order valence-electron chi connectivity index (χ1n) is 8.76. The first-order chi connectivity index (χ1) is 12.1. The molecular weight excluding hydrogens is 312 g/mol. The zero-order valence-corrected chi connectivity index (χ0v) is 15.0.